The first-order valence-electron chi connectivity index (χ1n) is 9.83. The van der Waals surface area contributed by atoms with E-state index in [0.29, 0.717) is 23.5 Å². The maximum atomic E-state index is 10.6. The minimum atomic E-state index is -0.427. The van der Waals surface area contributed by atoms with Crippen molar-refractivity contribution in [3.63, 3.8) is 0 Å². The quantitative estimate of drug-likeness (QED) is 0.251. The van der Waals surface area contributed by atoms with Crippen molar-refractivity contribution in [2.45, 2.75) is 71.3 Å². The normalized spacial score (nSPS) is 29.8. The molecule has 2 rings (SSSR count). The largest absolute Gasteiger partial charge is 0.512 e. The van der Waals surface area contributed by atoms with Gasteiger partial charge in [-0.25, -0.2) is 0 Å². The molecule has 0 aliphatic heterocycles. The van der Waals surface area contributed by atoms with E-state index in [1.54, 1.807) is 0 Å². The zero-order valence-corrected chi connectivity index (χ0v) is 15.7. The predicted molar refractivity (Wildman–Crippen MR) is 102 cm³/mol. The number of hydrogen-bond acceptors (Lipinski definition) is 3. The zero-order chi connectivity index (χ0) is 18.2. The third-order valence-electron chi connectivity index (χ3n) is 5.74. The van der Waals surface area contributed by atoms with E-state index in [4.69, 9.17) is 5.11 Å². The van der Waals surface area contributed by atoms with Crippen LogP contribution in [0.25, 0.3) is 0 Å². The van der Waals surface area contributed by atoms with Gasteiger partial charge in [-0.15, -0.1) is 11.8 Å². The summed E-state index contributed by atoms with van der Waals surface area (Å²) in [7, 11) is 0. The highest BCUT2D eigenvalue weighted by Crippen LogP contribution is 2.49. The van der Waals surface area contributed by atoms with Crippen LogP contribution in [0.1, 0.15) is 65.2 Å². The number of unbranched alkanes of at least 4 members (excludes halogenated alkanes) is 2. The second-order valence-electron chi connectivity index (χ2n) is 7.82. The third-order valence-corrected chi connectivity index (χ3v) is 5.74. The van der Waals surface area contributed by atoms with Crippen molar-refractivity contribution in [2.75, 3.05) is 6.61 Å². The second kappa shape index (κ2) is 10.0. The van der Waals surface area contributed by atoms with Crippen LogP contribution in [-0.2, 0) is 0 Å². The number of fused-ring (bicyclic) bond motifs is 1. The number of aliphatic hydroxyl groups excluding tert-OH is 3. The molecule has 0 aromatic rings. The van der Waals surface area contributed by atoms with E-state index in [1.807, 2.05) is 13.0 Å². The maximum absolute atomic E-state index is 10.6. The van der Waals surface area contributed by atoms with Gasteiger partial charge in [-0.1, -0.05) is 25.0 Å². The van der Waals surface area contributed by atoms with Gasteiger partial charge in [0, 0.05) is 18.9 Å². The van der Waals surface area contributed by atoms with E-state index in [2.05, 4.69) is 24.8 Å². The molecule has 5 atom stereocenters. The summed E-state index contributed by atoms with van der Waals surface area (Å²) in [5, 5.41) is 29.9. The van der Waals surface area contributed by atoms with E-state index >= 15 is 0 Å². The predicted octanol–water partition coefficient (Wildman–Crippen LogP) is 4.36. The highest BCUT2D eigenvalue weighted by molar-refractivity contribution is 5.22. The third kappa shape index (κ3) is 5.62. The van der Waals surface area contributed by atoms with Crippen molar-refractivity contribution in [3.8, 4) is 11.8 Å². The molecule has 0 aromatic heterocycles. The Morgan fingerprint density at radius 2 is 2.16 bits per heavy atom. The Balaban J connectivity index is 1.88. The first-order valence-corrected chi connectivity index (χ1v) is 9.83. The summed E-state index contributed by atoms with van der Waals surface area (Å²) in [6, 6.07) is 0. The van der Waals surface area contributed by atoms with Crippen LogP contribution in [0, 0.1) is 35.5 Å². The Bertz CT molecular complexity index is 537. The Kier molecular flexibility index (Phi) is 8.06. The van der Waals surface area contributed by atoms with Crippen LogP contribution in [0.2, 0.25) is 0 Å². The number of rotatable bonds is 9. The average Bonchev–Trinajstić information content (AvgIpc) is 3.10. The molecule has 0 saturated heterocycles. The lowest BCUT2D eigenvalue weighted by Gasteiger charge is -2.21. The summed E-state index contributed by atoms with van der Waals surface area (Å²) in [4.78, 5) is 0. The second-order valence-corrected chi connectivity index (χ2v) is 7.82. The summed E-state index contributed by atoms with van der Waals surface area (Å²) in [6.45, 7) is 4.27. The minimum absolute atomic E-state index is 0.111. The molecular formula is C22H34O3. The first kappa shape index (κ1) is 20.1. The maximum Gasteiger partial charge on any atom is 0.0942 e. The fourth-order valence-corrected chi connectivity index (χ4v) is 4.36. The van der Waals surface area contributed by atoms with Crippen molar-refractivity contribution in [1.82, 2.24) is 0 Å². The summed E-state index contributed by atoms with van der Waals surface area (Å²) in [6.07, 6.45) is 11.4. The smallest absolute Gasteiger partial charge is 0.0942 e. The van der Waals surface area contributed by atoms with E-state index in [-0.39, 0.29) is 12.5 Å². The van der Waals surface area contributed by atoms with Crippen LogP contribution in [0.4, 0.5) is 0 Å². The van der Waals surface area contributed by atoms with Crippen LogP contribution >= 0.6 is 0 Å². The first-order chi connectivity index (χ1) is 12.1. The van der Waals surface area contributed by atoms with Gasteiger partial charge in [-0.05, 0) is 69.3 Å². The number of aliphatic hydroxyl groups is 3. The summed E-state index contributed by atoms with van der Waals surface area (Å²) >= 11 is 0. The Labute approximate surface area is 152 Å². The molecular weight excluding hydrogens is 312 g/mol. The summed E-state index contributed by atoms with van der Waals surface area (Å²) in [5.41, 5.74) is 1.48. The van der Waals surface area contributed by atoms with Gasteiger partial charge in [0.15, 0.2) is 0 Å². The molecule has 0 aromatic carbocycles. The van der Waals surface area contributed by atoms with Gasteiger partial charge in [0.2, 0.25) is 0 Å². The lowest BCUT2D eigenvalue weighted by molar-refractivity contribution is 0.109. The molecule has 0 amide bonds. The molecule has 3 heteroatoms. The Morgan fingerprint density at radius 1 is 1.36 bits per heavy atom. The molecule has 2 aliphatic carbocycles. The molecule has 25 heavy (non-hydrogen) atoms. The fraction of sp³-hybridized carbons (Fsp3) is 0.727. The van der Waals surface area contributed by atoms with E-state index in [1.165, 1.54) is 5.57 Å². The van der Waals surface area contributed by atoms with Gasteiger partial charge >= 0.3 is 0 Å². The zero-order valence-electron chi connectivity index (χ0n) is 15.7. The van der Waals surface area contributed by atoms with Crippen molar-refractivity contribution >= 4 is 0 Å². The topological polar surface area (TPSA) is 60.7 Å². The van der Waals surface area contributed by atoms with Gasteiger partial charge in [0.1, 0.15) is 0 Å². The summed E-state index contributed by atoms with van der Waals surface area (Å²) in [5.74, 6) is 7.46. The molecule has 0 heterocycles. The van der Waals surface area contributed by atoms with Crippen molar-refractivity contribution in [2.24, 2.45) is 23.7 Å². The van der Waals surface area contributed by atoms with E-state index in [9.17, 15) is 10.2 Å². The molecule has 140 valence electrons. The molecule has 3 N–H and O–H groups in total. The van der Waals surface area contributed by atoms with E-state index < -0.39 is 6.10 Å². The van der Waals surface area contributed by atoms with Gasteiger partial charge in [-0.2, -0.15) is 0 Å². The highest BCUT2D eigenvalue weighted by Gasteiger charge is 2.46. The average molecular weight is 347 g/mol. The lowest BCUT2D eigenvalue weighted by Crippen LogP contribution is -2.22. The van der Waals surface area contributed by atoms with Crippen LogP contribution < -0.4 is 0 Å². The Hall–Kier alpha value is -1.24. The van der Waals surface area contributed by atoms with Gasteiger partial charge in [0.25, 0.3) is 0 Å². The molecule has 1 saturated carbocycles. The van der Waals surface area contributed by atoms with Gasteiger partial charge in [-0.3, -0.25) is 0 Å². The standard InChI is InChI=1S/C22H34O3/c1-3-4-8-16(2)10-11-20(24)22-19-14-17(9-6-5-7-12-23)13-18(19)15-21(22)25/h11,13,16,18-19,21-25H,5-10,12,14-15H2,1-2H3/t16?,18-,19-,21-,22+/m1/s1. The van der Waals surface area contributed by atoms with Crippen LogP contribution in [0.3, 0.4) is 0 Å². The molecule has 0 spiro atoms. The molecule has 1 fully saturated rings. The molecule has 0 bridgehead atoms. The number of allylic oxidation sites excluding steroid dienone is 3. The van der Waals surface area contributed by atoms with E-state index in [0.717, 1.165) is 51.4 Å². The molecule has 0 radical (unpaired) electrons. The minimum Gasteiger partial charge on any atom is -0.512 e. The van der Waals surface area contributed by atoms with Gasteiger partial charge in [0.05, 0.1) is 11.9 Å². The van der Waals surface area contributed by atoms with Crippen molar-refractivity contribution < 1.29 is 15.3 Å². The van der Waals surface area contributed by atoms with Crippen LogP contribution in [0.15, 0.2) is 23.5 Å². The van der Waals surface area contributed by atoms with Crippen molar-refractivity contribution in [3.05, 3.63) is 23.5 Å². The van der Waals surface area contributed by atoms with Gasteiger partial charge < -0.3 is 15.3 Å². The molecule has 3 nitrogen and oxygen atoms in total. The number of hydrogen-bond donors (Lipinski definition) is 3. The lowest BCUT2D eigenvalue weighted by atomic mass is 9.87. The fourth-order valence-electron chi connectivity index (χ4n) is 4.36. The van der Waals surface area contributed by atoms with Crippen LogP contribution in [-0.4, -0.2) is 28.0 Å². The van der Waals surface area contributed by atoms with Crippen LogP contribution in [0.5, 0.6) is 0 Å². The Morgan fingerprint density at radius 3 is 2.88 bits per heavy atom. The molecule has 1 unspecified atom stereocenters. The van der Waals surface area contributed by atoms with Crippen molar-refractivity contribution in [1.29, 1.82) is 0 Å². The monoisotopic (exact) mass is 346 g/mol. The SMILES string of the molecule is CC#CCC(C)CC=C(O)[C@@H]1[C@@H]2CC(CCCCCO)=C[C@@H]2C[C@H]1O. The molecule has 2 aliphatic rings. The summed E-state index contributed by atoms with van der Waals surface area (Å²) < 4.78 is 0. The highest BCUT2D eigenvalue weighted by atomic mass is 16.3.